The van der Waals surface area contributed by atoms with Crippen molar-refractivity contribution in [2.75, 3.05) is 0 Å². The van der Waals surface area contributed by atoms with Crippen molar-refractivity contribution in [2.45, 2.75) is 89.9 Å². The molecule has 4 aromatic rings. The Hall–Kier alpha value is -3.00. The maximum absolute atomic E-state index is 5.29. The molecule has 2 aliphatic rings. The lowest BCUT2D eigenvalue weighted by Crippen LogP contribution is -2.05. The summed E-state index contributed by atoms with van der Waals surface area (Å²) < 4.78 is 0. The van der Waals surface area contributed by atoms with Crippen molar-refractivity contribution in [2.24, 2.45) is 0 Å². The average Bonchev–Trinajstić information content (AvgIpc) is 2.96. The van der Waals surface area contributed by atoms with Gasteiger partial charge in [0.05, 0.1) is 22.9 Å². The van der Waals surface area contributed by atoms with E-state index in [1.54, 1.807) is 0 Å². The lowest BCUT2D eigenvalue weighted by Gasteiger charge is -2.23. The standard InChI is InChI=1S/C34H38N2/c1-3-11-23(4-2)32-22-35-33-30-20-26(24-12-7-5-8-13-24)16-18-28(30)29-19-17-27(21-31(29)34(33)36-32)25-14-9-6-10-15-25/h3-4,11,16-22,24-25H,5-10,12-15H2,1-2H3. The number of allylic oxidation sites excluding steroid dienone is 4. The van der Waals surface area contributed by atoms with Crippen LogP contribution in [0.5, 0.6) is 0 Å². The zero-order valence-electron chi connectivity index (χ0n) is 21.9. The van der Waals surface area contributed by atoms with Crippen molar-refractivity contribution in [1.82, 2.24) is 9.97 Å². The van der Waals surface area contributed by atoms with Crippen LogP contribution in [0.4, 0.5) is 0 Å². The van der Waals surface area contributed by atoms with E-state index >= 15 is 0 Å². The van der Waals surface area contributed by atoms with Gasteiger partial charge in [0.1, 0.15) is 0 Å². The average molecular weight is 475 g/mol. The molecule has 2 aliphatic carbocycles. The minimum atomic E-state index is 0.674. The fourth-order valence-electron chi connectivity index (χ4n) is 6.79. The van der Waals surface area contributed by atoms with Gasteiger partial charge in [0.15, 0.2) is 0 Å². The van der Waals surface area contributed by atoms with E-state index in [4.69, 9.17) is 9.97 Å². The molecular weight excluding hydrogens is 436 g/mol. The SMILES string of the molecule is CC=CC(=CC)c1cnc2c3cc(C4CCCCC4)ccc3c3ccc(C4CCCCC4)cc3c2n1. The minimum absolute atomic E-state index is 0.674. The first kappa shape index (κ1) is 23.4. The summed E-state index contributed by atoms with van der Waals surface area (Å²) >= 11 is 0. The molecule has 0 atom stereocenters. The molecule has 0 spiro atoms. The molecule has 2 heteroatoms. The first-order valence-corrected chi connectivity index (χ1v) is 14.2. The first-order valence-electron chi connectivity index (χ1n) is 14.2. The van der Waals surface area contributed by atoms with E-state index in [9.17, 15) is 0 Å². The molecule has 6 rings (SSSR count). The van der Waals surface area contributed by atoms with Crippen LogP contribution in [0.25, 0.3) is 38.2 Å². The van der Waals surface area contributed by atoms with Crippen molar-refractivity contribution in [3.05, 3.63) is 77.6 Å². The molecule has 184 valence electrons. The highest BCUT2D eigenvalue weighted by Gasteiger charge is 2.20. The monoisotopic (exact) mass is 474 g/mol. The van der Waals surface area contributed by atoms with Gasteiger partial charge in [-0.1, -0.05) is 81.0 Å². The van der Waals surface area contributed by atoms with Crippen LogP contribution in [0.15, 0.2) is 60.8 Å². The second kappa shape index (κ2) is 10.2. The van der Waals surface area contributed by atoms with Gasteiger partial charge in [-0.2, -0.15) is 0 Å². The number of benzene rings is 3. The molecule has 1 heterocycles. The largest absolute Gasteiger partial charge is 0.252 e. The first-order chi connectivity index (χ1) is 17.8. The zero-order chi connectivity index (χ0) is 24.5. The normalized spacial score (nSPS) is 18.7. The molecule has 0 bridgehead atoms. The molecule has 2 fully saturated rings. The number of aromatic nitrogens is 2. The summed E-state index contributed by atoms with van der Waals surface area (Å²) in [6.07, 6.45) is 21.7. The molecular formula is C34H38N2. The van der Waals surface area contributed by atoms with Gasteiger partial charge in [-0.3, -0.25) is 4.98 Å². The van der Waals surface area contributed by atoms with Gasteiger partial charge in [0.25, 0.3) is 0 Å². The van der Waals surface area contributed by atoms with Crippen molar-refractivity contribution < 1.29 is 0 Å². The van der Waals surface area contributed by atoms with Gasteiger partial charge in [0.2, 0.25) is 0 Å². The van der Waals surface area contributed by atoms with Crippen molar-refractivity contribution in [3.8, 4) is 0 Å². The fourth-order valence-corrected chi connectivity index (χ4v) is 6.79. The van der Waals surface area contributed by atoms with Gasteiger partial charge in [0, 0.05) is 10.8 Å². The summed E-state index contributed by atoms with van der Waals surface area (Å²) in [4.78, 5) is 10.4. The van der Waals surface area contributed by atoms with Crippen LogP contribution >= 0.6 is 0 Å². The molecule has 1 aromatic heterocycles. The van der Waals surface area contributed by atoms with E-state index in [1.807, 2.05) is 6.20 Å². The van der Waals surface area contributed by atoms with Gasteiger partial charge < -0.3 is 0 Å². The summed E-state index contributed by atoms with van der Waals surface area (Å²) in [7, 11) is 0. The summed E-state index contributed by atoms with van der Waals surface area (Å²) in [6.45, 7) is 4.14. The maximum Gasteiger partial charge on any atom is 0.0979 e. The summed E-state index contributed by atoms with van der Waals surface area (Å²) in [5.74, 6) is 1.35. The Kier molecular flexibility index (Phi) is 6.61. The van der Waals surface area contributed by atoms with E-state index < -0.39 is 0 Å². The molecule has 0 radical (unpaired) electrons. The van der Waals surface area contributed by atoms with Gasteiger partial charge in [-0.15, -0.1) is 0 Å². The molecule has 3 aromatic carbocycles. The Labute approximate surface area is 215 Å². The third-order valence-electron chi connectivity index (χ3n) is 8.77. The summed E-state index contributed by atoms with van der Waals surface area (Å²) in [6, 6.07) is 14.4. The second-order valence-electron chi connectivity index (χ2n) is 11.0. The smallest absolute Gasteiger partial charge is 0.0979 e. The van der Waals surface area contributed by atoms with Gasteiger partial charge >= 0.3 is 0 Å². The maximum atomic E-state index is 5.29. The lowest BCUT2D eigenvalue weighted by atomic mass is 9.82. The number of hydrogen-bond acceptors (Lipinski definition) is 2. The summed E-state index contributed by atoms with van der Waals surface area (Å²) in [5.41, 5.74) is 7.15. The highest BCUT2D eigenvalue weighted by molar-refractivity contribution is 6.23. The fraction of sp³-hybridized carbons (Fsp3) is 0.412. The molecule has 2 saturated carbocycles. The van der Waals surface area contributed by atoms with Crippen LogP contribution in [0.2, 0.25) is 0 Å². The van der Waals surface area contributed by atoms with Crippen LogP contribution in [-0.2, 0) is 0 Å². The van der Waals surface area contributed by atoms with Crippen LogP contribution in [-0.4, -0.2) is 9.97 Å². The predicted molar refractivity (Wildman–Crippen MR) is 155 cm³/mol. The third kappa shape index (κ3) is 4.25. The minimum Gasteiger partial charge on any atom is -0.252 e. The number of hydrogen-bond donors (Lipinski definition) is 0. The lowest BCUT2D eigenvalue weighted by molar-refractivity contribution is 0.444. The van der Waals surface area contributed by atoms with Crippen LogP contribution in [0.1, 0.15) is 107 Å². The molecule has 0 saturated heterocycles. The molecule has 0 N–H and O–H groups in total. The van der Waals surface area contributed by atoms with Crippen LogP contribution < -0.4 is 0 Å². The van der Waals surface area contributed by atoms with Crippen LogP contribution in [0, 0.1) is 0 Å². The highest BCUT2D eigenvalue weighted by atomic mass is 14.8. The molecule has 2 nitrogen and oxygen atoms in total. The Morgan fingerprint density at radius 2 is 1.25 bits per heavy atom. The number of nitrogens with zero attached hydrogens (tertiary/aromatic N) is 2. The molecule has 36 heavy (non-hydrogen) atoms. The predicted octanol–water partition coefficient (Wildman–Crippen LogP) is 10.0. The van der Waals surface area contributed by atoms with Gasteiger partial charge in [-0.05, 0) is 91.0 Å². The third-order valence-corrected chi connectivity index (χ3v) is 8.77. The quantitative estimate of drug-likeness (QED) is 0.217. The van der Waals surface area contributed by atoms with E-state index in [1.165, 1.54) is 96.9 Å². The van der Waals surface area contributed by atoms with E-state index in [0.29, 0.717) is 11.8 Å². The molecule has 0 amide bonds. The number of fused-ring (bicyclic) bond motifs is 6. The van der Waals surface area contributed by atoms with E-state index in [-0.39, 0.29) is 0 Å². The molecule has 0 unspecified atom stereocenters. The highest BCUT2D eigenvalue weighted by Crippen LogP contribution is 2.40. The Morgan fingerprint density at radius 3 is 1.78 bits per heavy atom. The topological polar surface area (TPSA) is 25.8 Å². The van der Waals surface area contributed by atoms with Crippen molar-refractivity contribution in [1.29, 1.82) is 0 Å². The van der Waals surface area contributed by atoms with E-state index in [0.717, 1.165) is 22.3 Å². The van der Waals surface area contributed by atoms with Crippen LogP contribution in [0.3, 0.4) is 0 Å². The Balaban J connectivity index is 1.61. The Morgan fingerprint density at radius 1 is 0.694 bits per heavy atom. The Bertz CT molecular complexity index is 1460. The molecule has 0 aliphatic heterocycles. The summed E-state index contributed by atoms with van der Waals surface area (Å²) in [5, 5.41) is 5.15. The number of rotatable bonds is 4. The van der Waals surface area contributed by atoms with Crippen molar-refractivity contribution in [3.63, 3.8) is 0 Å². The zero-order valence-corrected chi connectivity index (χ0v) is 21.9. The van der Waals surface area contributed by atoms with Crippen molar-refractivity contribution >= 4 is 38.2 Å². The van der Waals surface area contributed by atoms with E-state index in [2.05, 4.69) is 68.5 Å². The van der Waals surface area contributed by atoms with Gasteiger partial charge in [-0.25, -0.2) is 4.98 Å². The second-order valence-corrected chi connectivity index (χ2v) is 11.0.